The van der Waals surface area contributed by atoms with Crippen LogP contribution in [0.2, 0.25) is 0 Å². The van der Waals surface area contributed by atoms with Gasteiger partial charge in [0.05, 0.1) is 16.3 Å². The standard InChI is InChI=1S/C11H12N2O5S2/c1-4(14)6-8(16)13-7(10(17)18)11(20-9(6)13)19-3-2-5(12)15/h2-4,6,9,14H,1H3,(H2,12,15)(H,17,18)/b3-2-/t4-,6+,9-/m1/s1. The Morgan fingerprint density at radius 3 is 2.70 bits per heavy atom. The van der Waals surface area contributed by atoms with E-state index in [1.54, 1.807) is 0 Å². The van der Waals surface area contributed by atoms with E-state index in [1.807, 2.05) is 0 Å². The van der Waals surface area contributed by atoms with E-state index < -0.39 is 35.2 Å². The van der Waals surface area contributed by atoms with Crippen LogP contribution in [0.1, 0.15) is 6.92 Å². The fourth-order valence-electron chi connectivity index (χ4n) is 2.00. The van der Waals surface area contributed by atoms with Crippen LogP contribution in [-0.4, -0.2) is 44.4 Å². The lowest BCUT2D eigenvalue weighted by Crippen LogP contribution is -2.60. The average molecular weight is 316 g/mol. The number of nitrogens with zero attached hydrogens (tertiary/aromatic N) is 1. The smallest absolute Gasteiger partial charge is 0.354 e. The number of carboxylic acids is 1. The van der Waals surface area contributed by atoms with Gasteiger partial charge in [0.1, 0.15) is 5.37 Å². The van der Waals surface area contributed by atoms with Gasteiger partial charge in [0.2, 0.25) is 11.8 Å². The van der Waals surface area contributed by atoms with Gasteiger partial charge in [-0.2, -0.15) is 0 Å². The van der Waals surface area contributed by atoms with Gasteiger partial charge >= 0.3 is 5.97 Å². The van der Waals surface area contributed by atoms with Gasteiger partial charge in [-0.25, -0.2) is 4.79 Å². The molecule has 3 atom stereocenters. The molecule has 0 aromatic carbocycles. The molecule has 0 aromatic rings. The van der Waals surface area contributed by atoms with Gasteiger partial charge in [-0.05, 0) is 12.3 Å². The number of aliphatic hydroxyl groups excluding tert-OH is 1. The Labute approximate surface area is 122 Å². The van der Waals surface area contributed by atoms with Crippen molar-refractivity contribution >= 4 is 41.3 Å². The van der Waals surface area contributed by atoms with Crippen LogP contribution in [0.3, 0.4) is 0 Å². The molecule has 20 heavy (non-hydrogen) atoms. The zero-order valence-corrected chi connectivity index (χ0v) is 12.0. The van der Waals surface area contributed by atoms with Crippen molar-refractivity contribution in [2.24, 2.45) is 11.7 Å². The summed E-state index contributed by atoms with van der Waals surface area (Å²) in [6, 6.07) is 0. The summed E-state index contributed by atoms with van der Waals surface area (Å²) in [5, 5.41) is 19.7. The summed E-state index contributed by atoms with van der Waals surface area (Å²) in [5.41, 5.74) is 4.84. The van der Waals surface area contributed by atoms with E-state index in [0.717, 1.165) is 17.8 Å². The van der Waals surface area contributed by atoms with Gasteiger partial charge in [-0.3, -0.25) is 14.5 Å². The molecule has 1 saturated heterocycles. The van der Waals surface area contributed by atoms with Crippen molar-refractivity contribution in [3.8, 4) is 0 Å². The van der Waals surface area contributed by atoms with Crippen LogP contribution in [0.15, 0.2) is 21.4 Å². The SMILES string of the molecule is C[C@@H](O)[C@H]1C(=O)N2C(C(=O)O)=C(S/C=C\C(N)=O)S[C@H]12. The number of carboxylic acid groups (broad SMARTS) is 1. The average Bonchev–Trinajstić information content (AvgIpc) is 2.63. The highest BCUT2D eigenvalue weighted by molar-refractivity contribution is 8.24. The summed E-state index contributed by atoms with van der Waals surface area (Å²) in [7, 11) is 0. The molecule has 9 heteroatoms. The van der Waals surface area contributed by atoms with E-state index in [2.05, 4.69) is 0 Å². The molecule has 0 spiro atoms. The zero-order valence-electron chi connectivity index (χ0n) is 10.3. The second-order valence-corrected chi connectivity index (χ2v) is 6.55. The largest absolute Gasteiger partial charge is 0.477 e. The topological polar surface area (TPSA) is 121 Å². The van der Waals surface area contributed by atoms with Crippen LogP contribution in [0.25, 0.3) is 0 Å². The molecular formula is C11H12N2O5S2. The number of primary amides is 1. The number of nitrogens with two attached hydrogens (primary N) is 1. The van der Waals surface area contributed by atoms with E-state index in [1.165, 1.54) is 29.0 Å². The van der Waals surface area contributed by atoms with E-state index in [-0.39, 0.29) is 5.70 Å². The number of amides is 2. The Morgan fingerprint density at radius 1 is 1.55 bits per heavy atom. The van der Waals surface area contributed by atoms with Crippen LogP contribution in [0.4, 0.5) is 0 Å². The molecular weight excluding hydrogens is 304 g/mol. The van der Waals surface area contributed by atoms with Crippen molar-refractivity contribution in [1.29, 1.82) is 0 Å². The van der Waals surface area contributed by atoms with Crippen LogP contribution >= 0.6 is 23.5 Å². The predicted molar refractivity (Wildman–Crippen MR) is 74.0 cm³/mol. The lowest BCUT2D eigenvalue weighted by molar-refractivity contribution is -0.156. The fraction of sp³-hybridized carbons (Fsp3) is 0.364. The highest BCUT2D eigenvalue weighted by Crippen LogP contribution is 2.53. The number of aliphatic carboxylic acids is 1. The number of rotatable bonds is 5. The Kier molecular flexibility index (Phi) is 4.11. The molecule has 0 saturated carbocycles. The van der Waals surface area contributed by atoms with E-state index in [9.17, 15) is 24.6 Å². The first-order valence-electron chi connectivity index (χ1n) is 5.62. The summed E-state index contributed by atoms with van der Waals surface area (Å²) in [4.78, 5) is 34.9. The molecule has 108 valence electrons. The van der Waals surface area contributed by atoms with Crippen molar-refractivity contribution in [2.45, 2.75) is 18.4 Å². The predicted octanol–water partition coefficient (Wildman–Crippen LogP) is -0.116. The highest BCUT2D eigenvalue weighted by atomic mass is 32.2. The maximum absolute atomic E-state index is 11.9. The number of hydrogen-bond donors (Lipinski definition) is 3. The summed E-state index contributed by atoms with van der Waals surface area (Å²) in [6.07, 6.45) is 0.276. The maximum atomic E-state index is 11.9. The molecule has 0 radical (unpaired) electrons. The zero-order chi connectivity index (χ0) is 15.0. The molecule has 2 rings (SSSR count). The summed E-state index contributed by atoms with van der Waals surface area (Å²) >= 11 is 2.21. The lowest BCUT2D eigenvalue weighted by atomic mass is 9.92. The number of β-lactam (4-membered cyclic amide) rings is 1. The third-order valence-corrected chi connectivity index (χ3v) is 5.29. The van der Waals surface area contributed by atoms with Crippen molar-refractivity contribution in [1.82, 2.24) is 4.90 Å². The minimum Gasteiger partial charge on any atom is -0.477 e. The molecule has 2 aliphatic rings. The normalized spacial score (nSPS) is 26.7. The van der Waals surface area contributed by atoms with Crippen molar-refractivity contribution in [2.75, 3.05) is 0 Å². The Balaban J connectivity index is 2.21. The number of hydrogen-bond acceptors (Lipinski definition) is 6. The molecule has 2 amide bonds. The minimum atomic E-state index is -1.22. The molecule has 2 heterocycles. The van der Waals surface area contributed by atoms with Crippen LogP contribution < -0.4 is 5.73 Å². The van der Waals surface area contributed by atoms with E-state index in [4.69, 9.17) is 5.73 Å². The fourth-order valence-corrected chi connectivity index (χ4v) is 4.62. The second kappa shape index (κ2) is 5.51. The molecule has 1 fully saturated rings. The monoisotopic (exact) mass is 316 g/mol. The molecule has 0 aliphatic carbocycles. The summed E-state index contributed by atoms with van der Waals surface area (Å²) in [5.74, 6) is -2.86. The van der Waals surface area contributed by atoms with E-state index in [0.29, 0.717) is 4.24 Å². The Hall–Kier alpha value is -1.45. The summed E-state index contributed by atoms with van der Waals surface area (Å²) < 4.78 is 0.400. The number of fused-ring (bicyclic) bond motifs is 1. The Bertz CT molecular complexity index is 543. The second-order valence-electron chi connectivity index (χ2n) is 4.25. The number of carbonyl (C=O) groups excluding carboxylic acids is 2. The third-order valence-electron chi connectivity index (χ3n) is 2.88. The first kappa shape index (κ1) is 14.9. The Morgan fingerprint density at radius 2 is 2.20 bits per heavy atom. The first-order valence-corrected chi connectivity index (χ1v) is 7.38. The van der Waals surface area contributed by atoms with Crippen molar-refractivity contribution < 1.29 is 24.6 Å². The molecule has 0 bridgehead atoms. The number of aliphatic hydroxyl groups is 1. The summed E-state index contributed by atoms with van der Waals surface area (Å²) in [6.45, 7) is 1.50. The number of carbonyl (C=O) groups is 3. The van der Waals surface area contributed by atoms with Gasteiger partial charge in [0.15, 0.2) is 5.70 Å². The van der Waals surface area contributed by atoms with Gasteiger partial charge in [0, 0.05) is 6.08 Å². The van der Waals surface area contributed by atoms with E-state index >= 15 is 0 Å². The first-order chi connectivity index (χ1) is 9.34. The van der Waals surface area contributed by atoms with Crippen LogP contribution in [-0.2, 0) is 14.4 Å². The van der Waals surface area contributed by atoms with Crippen molar-refractivity contribution in [3.05, 3.63) is 21.4 Å². The molecule has 0 aromatic heterocycles. The quantitative estimate of drug-likeness (QED) is 0.478. The van der Waals surface area contributed by atoms with Gasteiger partial charge < -0.3 is 15.9 Å². The molecule has 0 unspecified atom stereocenters. The van der Waals surface area contributed by atoms with Gasteiger partial charge in [-0.1, -0.05) is 23.5 Å². The highest BCUT2D eigenvalue weighted by Gasteiger charge is 2.57. The maximum Gasteiger partial charge on any atom is 0.354 e. The lowest BCUT2D eigenvalue weighted by Gasteiger charge is -2.43. The third kappa shape index (κ3) is 2.43. The number of thioether (sulfide) groups is 2. The van der Waals surface area contributed by atoms with Crippen LogP contribution in [0.5, 0.6) is 0 Å². The van der Waals surface area contributed by atoms with Gasteiger partial charge in [-0.15, -0.1) is 0 Å². The van der Waals surface area contributed by atoms with Crippen LogP contribution in [0, 0.1) is 5.92 Å². The van der Waals surface area contributed by atoms with Gasteiger partial charge in [0.25, 0.3) is 0 Å². The van der Waals surface area contributed by atoms with Crippen molar-refractivity contribution in [3.63, 3.8) is 0 Å². The molecule has 7 nitrogen and oxygen atoms in total. The minimum absolute atomic E-state index is 0.110. The molecule has 2 aliphatic heterocycles. The molecule has 4 N–H and O–H groups in total.